The van der Waals surface area contributed by atoms with Crippen LogP contribution in [0.25, 0.3) is 21.9 Å². The van der Waals surface area contributed by atoms with Crippen molar-refractivity contribution < 1.29 is 23.1 Å². The molecule has 1 amide bonds. The lowest BCUT2D eigenvalue weighted by atomic mass is 9.94. The number of hydrogen-bond donors (Lipinski definition) is 2. The summed E-state index contributed by atoms with van der Waals surface area (Å²) in [6, 6.07) is 22.8. The van der Waals surface area contributed by atoms with E-state index in [1.807, 2.05) is 29.2 Å². The van der Waals surface area contributed by atoms with Crippen molar-refractivity contribution in [2.24, 2.45) is 0 Å². The molecule has 0 radical (unpaired) electrons. The van der Waals surface area contributed by atoms with Crippen molar-refractivity contribution in [1.29, 1.82) is 0 Å². The molecule has 0 unspecified atom stereocenters. The highest BCUT2D eigenvalue weighted by atomic mass is 19.4. The van der Waals surface area contributed by atoms with Crippen molar-refractivity contribution in [1.82, 2.24) is 20.4 Å². The highest BCUT2D eigenvalue weighted by Crippen LogP contribution is 2.33. The molecule has 0 saturated carbocycles. The number of carbonyl (C=O) groups excluding carboxylic acids is 1. The molecule has 1 aromatic heterocycles. The molecule has 3 aromatic carbocycles. The summed E-state index contributed by atoms with van der Waals surface area (Å²) in [6.45, 7) is 2.35. The minimum absolute atomic E-state index is 0.155. The summed E-state index contributed by atoms with van der Waals surface area (Å²) in [5.41, 5.74) is 3.09. The number of fused-ring (bicyclic) bond motifs is 1. The Labute approximate surface area is 217 Å². The summed E-state index contributed by atoms with van der Waals surface area (Å²) < 4.78 is 36.9. The number of phenols is 1. The summed E-state index contributed by atoms with van der Waals surface area (Å²) >= 11 is 0. The molecule has 2 N–H and O–H groups in total. The Hall–Kier alpha value is -4.18. The average Bonchev–Trinajstić information content (AvgIpc) is 2.92. The summed E-state index contributed by atoms with van der Waals surface area (Å²) in [5, 5.41) is 21.9. The molecular formula is C28H26F3N5O2. The first-order valence-corrected chi connectivity index (χ1v) is 12.2. The fourth-order valence-electron chi connectivity index (χ4n) is 4.69. The Morgan fingerprint density at radius 3 is 2.34 bits per heavy atom. The van der Waals surface area contributed by atoms with Crippen LogP contribution < -0.4 is 10.2 Å². The second-order valence-electron chi connectivity index (χ2n) is 9.21. The summed E-state index contributed by atoms with van der Waals surface area (Å²) in [7, 11) is 0. The number of rotatable bonds is 6. The number of amides is 1. The van der Waals surface area contributed by atoms with Crippen LogP contribution in [-0.4, -0.2) is 65.0 Å². The largest absolute Gasteiger partial charge is 0.508 e. The van der Waals surface area contributed by atoms with Gasteiger partial charge in [0, 0.05) is 32.7 Å². The topological polar surface area (TPSA) is 81.6 Å². The number of phenolic OH excluding ortho intramolecular Hbond substituents is 1. The molecule has 10 heteroatoms. The van der Waals surface area contributed by atoms with Gasteiger partial charge in [0.2, 0.25) is 0 Å². The molecule has 2 heterocycles. The van der Waals surface area contributed by atoms with Gasteiger partial charge in [-0.25, -0.2) is 0 Å². The number of hydrogen-bond acceptors (Lipinski definition) is 6. The smallest absolute Gasteiger partial charge is 0.405 e. The molecule has 0 aliphatic carbocycles. The first kappa shape index (κ1) is 25.5. The van der Waals surface area contributed by atoms with Crippen molar-refractivity contribution in [2.45, 2.75) is 12.7 Å². The van der Waals surface area contributed by atoms with Gasteiger partial charge in [-0.15, -0.1) is 10.2 Å². The summed E-state index contributed by atoms with van der Waals surface area (Å²) in [6.07, 6.45) is -4.48. The molecule has 5 rings (SSSR count). The minimum atomic E-state index is -4.48. The quantitative estimate of drug-likeness (QED) is 0.386. The Bertz CT molecular complexity index is 1430. The van der Waals surface area contributed by atoms with Gasteiger partial charge >= 0.3 is 6.18 Å². The van der Waals surface area contributed by atoms with Crippen molar-refractivity contribution in [3.05, 3.63) is 84.1 Å². The van der Waals surface area contributed by atoms with Gasteiger partial charge in [0.05, 0.1) is 0 Å². The van der Waals surface area contributed by atoms with Crippen molar-refractivity contribution in [3.8, 4) is 16.9 Å². The van der Waals surface area contributed by atoms with Crippen molar-refractivity contribution in [3.63, 3.8) is 0 Å². The number of benzene rings is 3. The van der Waals surface area contributed by atoms with Crippen LogP contribution >= 0.6 is 0 Å². The predicted octanol–water partition coefficient (Wildman–Crippen LogP) is 4.62. The van der Waals surface area contributed by atoms with Crippen LogP contribution in [0.5, 0.6) is 5.75 Å². The Morgan fingerprint density at radius 2 is 1.66 bits per heavy atom. The van der Waals surface area contributed by atoms with E-state index in [1.165, 1.54) is 17.0 Å². The maximum absolute atomic E-state index is 12.3. The zero-order chi connectivity index (χ0) is 26.7. The monoisotopic (exact) mass is 521 g/mol. The van der Waals surface area contributed by atoms with E-state index in [2.05, 4.69) is 39.4 Å². The van der Waals surface area contributed by atoms with Crippen LogP contribution in [0.4, 0.5) is 19.0 Å². The number of piperazine rings is 1. The zero-order valence-corrected chi connectivity index (χ0v) is 20.4. The molecule has 1 aliphatic rings. The first-order valence-electron chi connectivity index (χ1n) is 12.2. The van der Waals surface area contributed by atoms with Crippen molar-refractivity contribution in [2.75, 3.05) is 37.6 Å². The maximum atomic E-state index is 12.3. The third-order valence-electron chi connectivity index (χ3n) is 6.59. The number of carbonyl (C=O) groups is 1. The molecule has 0 atom stereocenters. The van der Waals surface area contributed by atoms with E-state index in [0.717, 1.165) is 36.1 Å². The van der Waals surface area contributed by atoms with E-state index in [-0.39, 0.29) is 11.4 Å². The van der Waals surface area contributed by atoms with E-state index in [9.17, 15) is 23.1 Å². The second-order valence-corrected chi connectivity index (χ2v) is 9.21. The van der Waals surface area contributed by atoms with Gasteiger partial charge in [0.25, 0.3) is 5.91 Å². The number of aromatic nitrogens is 2. The summed E-state index contributed by atoms with van der Waals surface area (Å²) in [4.78, 5) is 16.3. The van der Waals surface area contributed by atoms with Gasteiger partial charge in [-0.3, -0.25) is 9.69 Å². The number of nitrogens with one attached hydrogen (secondary N) is 1. The number of nitrogens with zero attached hydrogens (tertiary/aromatic N) is 4. The molecule has 7 nitrogen and oxygen atoms in total. The molecule has 1 saturated heterocycles. The van der Waals surface area contributed by atoms with E-state index in [0.29, 0.717) is 18.9 Å². The van der Waals surface area contributed by atoms with Crippen LogP contribution in [-0.2, 0) is 6.54 Å². The lowest BCUT2D eigenvalue weighted by Gasteiger charge is -2.35. The summed E-state index contributed by atoms with van der Waals surface area (Å²) in [5.74, 6) is -0.0935. The fourth-order valence-corrected chi connectivity index (χ4v) is 4.69. The maximum Gasteiger partial charge on any atom is 0.405 e. The molecule has 196 valence electrons. The standard InChI is InChI=1S/C28H26F3N5O2/c29-28(30,31)18-32-27(38)25-10-11-26(34-33-25)36-14-12-35(13-15-36)17-20-8-9-23(19-4-3-5-21(37)16-19)24-7-2-1-6-22(20)24/h1-11,16,37H,12-15,17-18H2,(H,32,38). The molecule has 38 heavy (non-hydrogen) atoms. The number of anilines is 1. The Morgan fingerprint density at radius 1 is 0.895 bits per heavy atom. The van der Waals surface area contributed by atoms with E-state index in [4.69, 9.17) is 0 Å². The van der Waals surface area contributed by atoms with Gasteiger partial charge in [-0.2, -0.15) is 13.2 Å². The third kappa shape index (κ3) is 5.86. The van der Waals surface area contributed by atoms with Crippen molar-refractivity contribution >= 4 is 22.5 Å². The van der Waals surface area contributed by atoms with E-state index < -0.39 is 18.6 Å². The first-order chi connectivity index (χ1) is 18.3. The van der Waals surface area contributed by atoms with Gasteiger partial charge in [0.15, 0.2) is 11.5 Å². The zero-order valence-electron chi connectivity index (χ0n) is 20.4. The average molecular weight is 522 g/mol. The molecule has 0 bridgehead atoms. The lowest BCUT2D eigenvalue weighted by Crippen LogP contribution is -2.46. The Balaban J connectivity index is 1.23. The SMILES string of the molecule is O=C(NCC(F)(F)F)c1ccc(N2CCN(Cc3ccc(-c4cccc(O)c4)c4ccccc34)CC2)nn1. The fraction of sp³-hybridized carbons (Fsp3) is 0.250. The second kappa shape index (κ2) is 10.7. The highest BCUT2D eigenvalue weighted by Gasteiger charge is 2.28. The lowest BCUT2D eigenvalue weighted by molar-refractivity contribution is -0.123. The minimum Gasteiger partial charge on any atom is -0.508 e. The number of alkyl halides is 3. The number of halogens is 3. The van der Waals surface area contributed by atoms with Crippen LogP contribution in [0.2, 0.25) is 0 Å². The predicted molar refractivity (Wildman–Crippen MR) is 139 cm³/mol. The van der Waals surface area contributed by atoms with Gasteiger partial charge in [0.1, 0.15) is 12.3 Å². The Kier molecular flexibility index (Phi) is 7.15. The van der Waals surface area contributed by atoms with Crippen LogP contribution in [0, 0.1) is 0 Å². The highest BCUT2D eigenvalue weighted by molar-refractivity contribution is 5.98. The van der Waals surface area contributed by atoms with Crippen LogP contribution in [0.15, 0.2) is 72.8 Å². The number of aromatic hydroxyl groups is 1. The third-order valence-corrected chi connectivity index (χ3v) is 6.59. The van der Waals surface area contributed by atoms with E-state index >= 15 is 0 Å². The van der Waals surface area contributed by atoms with Gasteiger partial charge in [-0.1, -0.05) is 48.5 Å². The van der Waals surface area contributed by atoms with Crippen LogP contribution in [0.3, 0.4) is 0 Å². The van der Waals surface area contributed by atoms with Crippen LogP contribution in [0.1, 0.15) is 16.1 Å². The van der Waals surface area contributed by atoms with Gasteiger partial charge in [-0.05, 0) is 51.7 Å². The molecule has 1 aliphatic heterocycles. The normalized spacial score (nSPS) is 14.6. The molecule has 0 spiro atoms. The molecule has 4 aromatic rings. The molecular weight excluding hydrogens is 495 g/mol. The van der Waals surface area contributed by atoms with E-state index in [1.54, 1.807) is 23.5 Å². The van der Waals surface area contributed by atoms with Gasteiger partial charge < -0.3 is 15.3 Å². The molecule has 1 fully saturated rings.